The summed E-state index contributed by atoms with van der Waals surface area (Å²) in [6.45, 7) is 3.93. The molecule has 2 N–H and O–H groups in total. The highest BCUT2D eigenvalue weighted by molar-refractivity contribution is 5.83. The average molecular weight is 155 g/mol. The molecule has 2 nitrogen and oxygen atoms in total. The van der Waals surface area contributed by atoms with Gasteiger partial charge in [-0.3, -0.25) is 4.79 Å². The van der Waals surface area contributed by atoms with Crippen LogP contribution >= 0.6 is 0 Å². The molecule has 2 heteroatoms. The highest BCUT2D eigenvalue weighted by Crippen LogP contribution is 2.26. The zero-order valence-electron chi connectivity index (χ0n) is 7.34. The van der Waals surface area contributed by atoms with Gasteiger partial charge >= 0.3 is 0 Å². The van der Waals surface area contributed by atoms with E-state index in [1.807, 2.05) is 13.8 Å². The van der Waals surface area contributed by atoms with Crippen molar-refractivity contribution in [3.05, 3.63) is 0 Å². The van der Waals surface area contributed by atoms with E-state index in [1.54, 1.807) is 0 Å². The van der Waals surface area contributed by atoms with Gasteiger partial charge in [0.15, 0.2) is 0 Å². The van der Waals surface area contributed by atoms with E-state index in [1.165, 1.54) is 0 Å². The van der Waals surface area contributed by atoms with Crippen LogP contribution in [0.5, 0.6) is 0 Å². The molecule has 64 valence electrons. The highest BCUT2D eigenvalue weighted by Gasteiger charge is 2.28. The summed E-state index contributed by atoms with van der Waals surface area (Å²) >= 11 is 0. The van der Waals surface area contributed by atoms with Gasteiger partial charge in [0.1, 0.15) is 5.78 Å². The van der Waals surface area contributed by atoms with Gasteiger partial charge in [-0.2, -0.15) is 0 Å². The van der Waals surface area contributed by atoms with Crippen LogP contribution in [0.25, 0.3) is 0 Å². The minimum absolute atomic E-state index is 0.185. The van der Waals surface area contributed by atoms with Crippen molar-refractivity contribution in [2.75, 3.05) is 0 Å². The maximum Gasteiger partial charge on any atom is 0.138 e. The SMILES string of the molecule is CC(C)C(=O)C1CCC(N)C1. The predicted molar refractivity (Wildman–Crippen MR) is 45.2 cm³/mol. The summed E-state index contributed by atoms with van der Waals surface area (Å²) in [6, 6.07) is 0.280. The summed E-state index contributed by atoms with van der Waals surface area (Å²) in [4.78, 5) is 11.4. The number of rotatable bonds is 2. The fourth-order valence-electron chi connectivity index (χ4n) is 1.75. The van der Waals surface area contributed by atoms with Crippen molar-refractivity contribution in [2.24, 2.45) is 17.6 Å². The molecule has 1 rings (SSSR count). The summed E-state index contributed by atoms with van der Waals surface area (Å²) in [7, 11) is 0. The Morgan fingerprint density at radius 1 is 1.45 bits per heavy atom. The standard InChI is InChI=1S/C9H17NO/c1-6(2)9(11)7-3-4-8(10)5-7/h6-8H,3-5,10H2,1-2H3. The highest BCUT2D eigenvalue weighted by atomic mass is 16.1. The predicted octanol–water partition coefficient (Wildman–Crippen LogP) is 1.34. The lowest BCUT2D eigenvalue weighted by molar-refractivity contribution is -0.125. The average Bonchev–Trinajstić information content (AvgIpc) is 2.34. The number of ketones is 1. The van der Waals surface area contributed by atoms with Crippen molar-refractivity contribution in [3.63, 3.8) is 0 Å². The molecular weight excluding hydrogens is 138 g/mol. The molecule has 0 amide bonds. The fourth-order valence-corrected chi connectivity index (χ4v) is 1.75. The lowest BCUT2D eigenvalue weighted by Crippen LogP contribution is -2.20. The topological polar surface area (TPSA) is 43.1 Å². The largest absolute Gasteiger partial charge is 0.328 e. The van der Waals surface area contributed by atoms with E-state index in [9.17, 15) is 4.79 Å². The third-order valence-electron chi connectivity index (χ3n) is 2.44. The molecule has 2 atom stereocenters. The van der Waals surface area contributed by atoms with Crippen LogP contribution < -0.4 is 5.73 Å². The molecule has 1 aliphatic carbocycles. The Labute approximate surface area is 68.2 Å². The van der Waals surface area contributed by atoms with Crippen molar-refractivity contribution in [1.82, 2.24) is 0 Å². The van der Waals surface area contributed by atoms with Gasteiger partial charge in [-0.1, -0.05) is 13.8 Å². The van der Waals surface area contributed by atoms with Crippen molar-refractivity contribution < 1.29 is 4.79 Å². The van der Waals surface area contributed by atoms with Gasteiger partial charge in [0.2, 0.25) is 0 Å². The smallest absolute Gasteiger partial charge is 0.138 e. The summed E-state index contributed by atoms with van der Waals surface area (Å²) < 4.78 is 0. The molecule has 0 radical (unpaired) electrons. The zero-order valence-corrected chi connectivity index (χ0v) is 7.34. The summed E-state index contributed by atoms with van der Waals surface area (Å²) in [6.07, 6.45) is 2.96. The maximum absolute atomic E-state index is 11.4. The van der Waals surface area contributed by atoms with Gasteiger partial charge in [-0.25, -0.2) is 0 Å². The molecule has 1 fully saturated rings. The Balaban J connectivity index is 2.43. The Hall–Kier alpha value is -0.370. The lowest BCUT2D eigenvalue weighted by atomic mass is 9.94. The molecule has 2 unspecified atom stereocenters. The van der Waals surface area contributed by atoms with E-state index in [2.05, 4.69) is 0 Å². The van der Waals surface area contributed by atoms with E-state index >= 15 is 0 Å². The van der Waals surface area contributed by atoms with E-state index in [0.717, 1.165) is 19.3 Å². The van der Waals surface area contributed by atoms with Crippen LogP contribution in [0, 0.1) is 11.8 Å². The molecule has 1 aliphatic rings. The molecule has 0 aromatic rings. The van der Waals surface area contributed by atoms with Crippen molar-refractivity contribution in [3.8, 4) is 0 Å². The minimum atomic E-state index is 0.185. The second kappa shape index (κ2) is 3.35. The monoisotopic (exact) mass is 155 g/mol. The van der Waals surface area contributed by atoms with Gasteiger partial charge in [0, 0.05) is 17.9 Å². The van der Waals surface area contributed by atoms with Gasteiger partial charge < -0.3 is 5.73 Å². The first-order chi connectivity index (χ1) is 5.11. The first-order valence-electron chi connectivity index (χ1n) is 4.40. The lowest BCUT2D eigenvalue weighted by Gasteiger charge is -2.10. The molecule has 0 spiro atoms. The van der Waals surface area contributed by atoms with Crippen LogP contribution in [0.3, 0.4) is 0 Å². The van der Waals surface area contributed by atoms with Crippen LogP contribution in [0.4, 0.5) is 0 Å². The quantitative estimate of drug-likeness (QED) is 0.654. The molecule has 0 aromatic heterocycles. The Morgan fingerprint density at radius 3 is 2.45 bits per heavy atom. The van der Waals surface area contributed by atoms with E-state index in [4.69, 9.17) is 5.73 Å². The third-order valence-corrected chi connectivity index (χ3v) is 2.44. The number of nitrogens with two attached hydrogens (primary N) is 1. The summed E-state index contributed by atoms with van der Waals surface area (Å²) in [5.74, 6) is 0.855. The molecule has 0 bridgehead atoms. The van der Waals surface area contributed by atoms with Crippen molar-refractivity contribution in [2.45, 2.75) is 39.2 Å². The molecular formula is C9H17NO. The van der Waals surface area contributed by atoms with Crippen LogP contribution in [0.15, 0.2) is 0 Å². The van der Waals surface area contributed by atoms with Crippen LogP contribution in [-0.2, 0) is 4.79 Å². The molecule has 11 heavy (non-hydrogen) atoms. The molecule has 0 aliphatic heterocycles. The minimum Gasteiger partial charge on any atom is -0.328 e. The normalized spacial score (nSPS) is 31.3. The molecule has 0 saturated heterocycles. The first kappa shape index (κ1) is 8.72. The summed E-state index contributed by atoms with van der Waals surface area (Å²) in [5.41, 5.74) is 5.71. The van der Waals surface area contributed by atoms with Crippen molar-refractivity contribution >= 4 is 5.78 Å². The first-order valence-corrected chi connectivity index (χ1v) is 4.40. The molecule has 0 aromatic carbocycles. The molecule has 1 saturated carbocycles. The second-order valence-electron chi connectivity index (χ2n) is 3.83. The maximum atomic E-state index is 11.4. The second-order valence-corrected chi connectivity index (χ2v) is 3.83. The number of hydrogen-bond donors (Lipinski definition) is 1. The van der Waals surface area contributed by atoms with E-state index in [0.29, 0.717) is 5.78 Å². The van der Waals surface area contributed by atoms with Gasteiger partial charge in [0.05, 0.1) is 0 Å². The fraction of sp³-hybridized carbons (Fsp3) is 0.889. The van der Waals surface area contributed by atoms with Gasteiger partial charge in [-0.15, -0.1) is 0 Å². The van der Waals surface area contributed by atoms with Gasteiger partial charge in [0.25, 0.3) is 0 Å². The third kappa shape index (κ3) is 2.03. The van der Waals surface area contributed by atoms with Gasteiger partial charge in [-0.05, 0) is 19.3 Å². The Bertz CT molecular complexity index is 154. The number of hydrogen-bond acceptors (Lipinski definition) is 2. The number of carbonyl (C=O) groups excluding carboxylic acids is 1. The number of carbonyl (C=O) groups is 1. The summed E-state index contributed by atoms with van der Waals surface area (Å²) in [5, 5.41) is 0. The van der Waals surface area contributed by atoms with Crippen LogP contribution in [-0.4, -0.2) is 11.8 Å². The van der Waals surface area contributed by atoms with E-state index in [-0.39, 0.29) is 17.9 Å². The zero-order chi connectivity index (χ0) is 8.43. The Morgan fingerprint density at radius 2 is 2.09 bits per heavy atom. The van der Waals surface area contributed by atoms with E-state index < -0.39 is 0 Å². The number of Topliss-reactive ketones (excluding diaryl/α,β-unsaturated/α-hetero) is 1. The van der Waals surface area contributed by atoms with Crippen molar-refractivity contribution in [1.29, 1.82) is 0 Å². The molecule has 0 heterocycles. The van der Waals surface area contributed by atoms with Crippen LogP contribution in [0.2, 0.25) is 0 Å². The Kier molecular flexibility index (Phi) is 2.66. The van der Waals surface area contributed by atoms with Crippen LogP contribution in [0.1, 0.15) is 33.1 Å².